The van der Waals surface area contributed by atoms with Crippen LogP contribution in [0.3, 0.4) is 0 Å². The molecule has 0 saturated carbocycles. The Kier molecular flexibility index (Phi) is 8.22. The molecule has 0 radical (unpaired) electrons. The lowest BCUT2D eigenvalue weighted by Crippen LogP contribution is -2.37. The summed E-state index contributed by atoms with van der Waals surface area (Å²) in [5.74, 6) is 0.221. The molecule has 1 aliphatic rings. The summed E-state index contributed by atoms with van der Waals surface area (Å²) in [5.41, 5.74) is -1.51. The fourth-order valence-corrected chi connectivity index (χ4v) is 4.56. The van der Waals surface area contributed by atoms with Crippen LogP contribution in [0.4, 0.5) is 24.5 Å². The second-order valence-electron chi connectivity index (χ2n) is 9.73. The van der Waals surface area contributed by atoms with Crippen molar-refractivity contribution in [3.63, 3.8) is 0 Å². The summed E-state index contributed by atoms with van der Waals surface area (Å²) in [6, 6.07) is 10.9. The summed E-state index contributed by atoms with van der Waals surface area (Å²) in [4.78, 5) is 14.8. The van der Waals surface area contributed by atoms with Crippen LogP contribution >= 0.6 is 0 Å². The van der Waals surface area contributed by atoms with E-state index in [0.29, 0.717) is 13.2 Å². The summed E-state index contributed by atoms with van der Waals surface area (Å²) in [5, 5.41) is 6.77. The predicted octanol–water partition coefficient (Wildman–Crippen LogP) is 4.90. The lowest BCUT2D eigenvalue weighted by molar-refractivity contribution is -0.138. The Bertz CT molecular complexity index is 953. The van der Waals surface area contributed by atoms with Crippen molar-refractivity contribution >= 4 is 19.4 Å². The van der Waals surface area contributed by atoms with Crippen LogP contribution in [0.5, 0.6) is 0 Å². The summed E-state index contributed by atoms with van der Waals surface area (Å²) >= 11 is 0. The molecule has 10 heteroatoms. The average Bonchev–Trinajstić information content (AvgIpc) is 2.75. The minimum absolute atomic E-state index is 0.221. The van der Waals surface area contributed by atoms with Crippen molar-refractivity contribution < 1.29 is 17.9 Å². The lowest BCUT2D eigenvalue weighted by atomic mass is 9.96. The molecule has 1 fully saturated rings. The van der Waals surface area contributed by atoms with Gasteiger partial charge in [-0.25, -0.2) is 4.68 Å². The van der Waals surface area contributed by atoms with Crippen LogP contribution in [-0.4, -0.2) is 44.1 Å². The molecule has 1 saturated heterocycles. The van der Waals surface area contributed by atoms with Gasteiger partial charge in [0.25, 0.3) is 5.56 Å². The molecule has 0 unspecified atom stereocenters. The lowest BCUT2D eigenvalue weighted by Gasteiger charge is -2.34. The molecule has 2 aromatic rings. The van der Waals surface area contributed by atoms with E-state index in [1.54, 1.807) is 0 Å². The van der Waals surface area contributed by atoms with Gasteiger partial charge in [0.15, 0.2) is 0 Å². The standard InChI is InChI=1S/C23H33F3N4O2Si/c1-33(2,3)14-13-32-17-30-22(31)21(23(24,25)26)20(16-28-30)27-15-18-9-11-29(12-10-18)19-7-5-4-6-8-19/h4-8,16,18,27H,9-15,17H2,1-3H3. The molecule has 0 bridgehead atoms. The number of piperidine rings is 1. The van der Waals surface area contributed by atoms with Crippen LogP contribution in [0.1, 0.15) is 18.4 Å². The van der Waals surface area contributed by atoms with Crippen molar-refractivity contribution in [3.8, 4) is 0 Å². The maximum Gasteiger partial charge on any atom is 0.423 e. The van der Waals surface area contributed by atoms with Crippen molar-refractivity contribution in [2.75, 3.05) is 36.5 Å². The first-order valence-corrected chi connectivity index (χ1v) is 15.0. The summed E-state index contributed by atoms with van der Waals surface area (Å²) in [6.07, 6.45) is -1.97. The first-order chi connectivity index (χ1) is 15.5. The topological polar surface area (TPSA) is 59.4 Å². The number of alkyl halides is 3. The third-order valence-electron chi connectivity index (χ3n) is 5.85. The average molecular weight is 483 g/mol. The van der Waals surface area contributed by atoms with Crippen molar-refractivity contribution in [2.45, 2.75) is 51.4 Å². The van der Waals surface area contributed by atoms with Crippen molar-refractivity contribution in [3.05, 3.63) is 52.4 Å². The molecule has 3 rings (SSSR count). The van der Waals surface area contributed by atoms with Crippen molar-refractivity contribution in [1.82, 2.24) is 9.78 Å². The van der Waals surface area contributed by atoms with Gasteiger partial charge in [-0.05, 0) is 36.9 Å². The highest BCUT2D eigenvalue weighted by Gasteiger charge is 2.38. The fourth-order valence-electron chi connectivity index (χ4n) is 3.81. The maximum atomic E-state index is 13.7. The molecule has 0 aliphatic carbocycles. The number of hydrogen-bond acceptors (Lipinski definition) is 5. The van der Waals surface area contributed by atoms with Gasteiger partial charge in [0.05, 0.1) is 11.9 Å². The van der Waals surface area contributed by atoms with Crippen molar-refractivity contribution in [1.29, 1.82) is 0 Å². The van der Waals surface area contributed by atoms with Crippen LogP contribution in [-0.2, 0) is 17.6 Å². The smallest absolute Gasteiger partial charge is 0.383 e. The first-order valence-electron chi connectivity index (χ1n) is 11.3. The molecule has 0 amide bonds. The Hall–Kier alpha value is -2.33. The molecule has 1 aromatic carbocycles. The van der Waals surface area contributed by atoms with Gasteiger partial charge in [0, 0.05) is 40.0 Å². The minimum Gasteiger partial charge on any atom is -0.383 e. The van der Waals surface area contributed by atoms with Gasteiger partial charge in [0.1, 0.15) is 12.3 Å². The Morgan fingerprint density at radius 3 is 2.42 bits per heavy atom. The van der Waals surface area contributed by atoms with Gasteiger partial charge in [-0.1, -0.05) is 37.8 Å². The van der Waals surface area contributed by atoms with Crippen LogP contribution in [0, 0.1) is 5.92 Å². The van der Waals surface area contributed by atoms with Crippen LogP contribution in [0.15, 0.2) is 41.3 Å². The Balaban J connectivity index is 1.61. The number of halogens is 3. The quantitative estimate of drug-likeness (QED) is 0.407. The Morgan fingerprint density at radius 1 is 1.15 bits per heavy atom. The molecule has 6 nitrogen and oxygen atoms in total. The second kappa shape index (κ2) is 10.7. The van der Waals surface area contributed by atoms with Gasteiger partial charge < -0.3 is 15.0 Å². The van der Waals surface area contributed by atoms with Gasteiger partial charge >= 0.3 is 6.18 Å². The zero-order chi connectivity index (χ0) is 24.1. The predicted molar refractivity (Wildman–Crippen MR) is 127 cm³/mol. The third kappa shape index (κ3) is 7.33. The minimum atomic E-state index is -4.78. The van der Waals surface area contributed by atoms with Gasteiger partial charge in [-0.15, -0.1) is 0 Å². The highest BCUT2D eigenvalue weighted by Crippen LogP contribution is 2.32. The number of nitrogens with one attached hydrogen (secondary N) is 1. The molecule has 1 aromatic heterocycles. The maximum absolute atomic E-state index is 13.7. The van der Waals surface area contributed by atoms with E-state index in [0.717, 1.165) is 48.5 Å². The second-order valence-corrected chi connectivity index (χ2v) is 15.4. The van der Waals surface area contributed by atoms with Gasteiger partial charge in [-0.3, -0.25) is 4.79 Å². The van der Waals surface area contributed by atoms with Crippen LogP contribution in [0.25, 0.3) is 0 Å². The number of anilines is 2. The molecule has 0 atom stereocenters. The molecule has 2 heterocycles. The van der Waals surface area contributed by atoms with Crippen LogP contribution in [0.2, 0.25) is 25.7 Å². The van der Waals surface area contributed by atoms with Crippen molar-refractivity contribution in [2.24, 2.45) is 5.92 Å². The normalized spacial score (nSPS) is 15.6. The molecule has 182 valence electrons. The summed E-state index contributed by atoms with van der Waals surface area (Å²) < 4.78 is 47.3. The number of nitrogens with zero attached hydrogens (tertiary/aromatic N) is 3. The zero-order valence-corrected chi connectivity index (χ0v) is 20.5. The van der Waals surface area contributed by atoms with E-state index < -0.39 is 25.4 Å². The highest BCUT2D eigenvalue weighted by atomic mass is 28.3. The van der Waals surface area contributed by atoms with Gasteiger partial charge in [-0.2, -0.15) is 18.3 Å². The Labute approximate surface area is 193 Å². The van der Waals surface area contributed by atoms with E-state index in [-0.39, 0.29) is 18.3 Å². The largest absolute Gasteiger partial charge is 0.423 e. The molecular weight excluding hydrogens is 449 g/mol. The molecule has 1 N–H and O–H groups in total. The van der Waals surface area contributed by atoms with E-state index in [9.17, 15) is 18.0 Å². The van der Waals surface area contributed by atoms with E-state index >= 15 is 0 Å². The molecule has 1 aliphatic heterocycles. The van der Waals surface area contributed by atoms with Gasteiger partial charge in [0.2, 0.25) is 0 Å². The highest BCUT2D eigenvalue weighted by molar-refractivity contribution is 6.76. The van der Waals surface area contributed by atoms with E-state index in [2.05, 4.69) is 47.1 Å². The monoisotopic (exact) mass is 482 g/mol. The van der Waals surface area contributed by atoms with Crippen LogP contribution < -0.4 is 15.8 Å². The summed E-state index contributed by atoms with van der Waals surface area (Å²) in [7, 11) is -1.34. The number of hydrogen-bond donors (Lipinski definition) is 1. The van der Waals surface area contributed by atoms with E-state index in [4.69, 9.17) is 4.74 Å². The SMILES string of the molecule is C[Si](C)(C)CCOCn1ncc(NCC2CCN(c3ccccc3)CC2)c(C(F)(F)F)c1=O. The number of benzene rings is 1. The Morgan fingerprint density at radius 2 is 1.82 bits per heavy atom. The fraction of sp³-hybridized carbons (Fsp3) is 0.565. The number of ether oxygens (including phenoxy) is 1. The van der Waals surface area contributed by atoms with E-state index in [1.807, 2.05) is 18.2 Å². The third-order valence-corrected chi connectivity index (χ3v) is 7.56. The molecule has 33 heavy (non-hydrogen) atoms. The summed E-state index contributed by atoms with van der Waals surface area (Å²) in [6.45, 7) is 8.69. The number of aromatic nitrogens is 2. The number of para-hydroxylation sites is 1. The number of rotatable bonds is 9. The molecule has 0 spiro atoms. The molecular formula is C23H33F3N4O2Si. The first kappa shape index (κ1) is 25.3. The zero-order valence-electron chi connectivity index (χ0n) is 19.5. The van der Waals surface area contributed by atoms with E-state index in [1.165, 1.54) is 0 Å².